The second-order valence-electron chi connectivity index (χ2n) is 6.28. The molecule has 0 aromatic carbocycles. The average Bonchev–Trinajstić information content (AvgIpc) is 2.76. The topological polar surface area (TPSA) is 46.9 Å². The van der Waals surface area contributed by atoms with Gasteiger partial charge in [0.25, 0.3) is 0 Å². The quantitative estimate of drug-likeness (QED) is 0.908. The predicted molar refractivity (Wildman–Crippen MR) is 75.6 cm³/mol. The van der Waals surface area contributed by atoms with Crippen molar-refractivity contribution in [3.63, 3.8) is 0 Å². The molecule has 106 valence electrons. The molecule has 1 N–H and O–H groups in total. The summed E-state index contributed by atoms with van der Waals surface area (Å²) >= 11 is 0. The molecule has 0 bridgehead atoms. The van der Waals surface area contributed by atoms with Crippen LogP contribution in [-0.4, -0.2) is 15.7 Å². The molecule has 0 aliphatic heterocycles. The fourth-order valence-corrected chi connectivity index (χ4v) is 3.01. The number of rotatable bonds is 4. The smallest absolute Gasteiger partial charge is 0.221 e. The third kappa shape index (κ3) is 3.82. The van der Waals surface area contributed by atoms with E-state index in [0.717, 1.165) is 5.56 Å². The van der Waals surface area contributed by atoms with Crippen LogP contribution in [0.5, 0.6) is 0 Å². The first-order valence-electron chi connectivity index (χ1n) is 7.26. The van der Waals surface area contributed by atoms with E-state index in [9.17, 15) is 4.79 Å². The number of carbonyl (C=O) groups is 1. The van der Waals surface area contributed by atoms with Crippen molar-refractivity contribution in [2.45, 2.75) is 58.4 Å². The first-order chi connectivity index (χ1) is 8.98. The maximum atomic E-state index is 12.2. The van der Waals surface area contributed by atoms with Crippen LogP contribution in [0, 0.1) is 5.41 Å². The van der Waals surface area contributed by atoms with E-state index >= 15 is 0 Å². The number of carbonyl (C=O) groups excluding carboxylic acids is 1. The zero-order chi connectivity index (χ0) is 13.9. The molecule has 1 aromatic heterocycles. The molecule has 1 aromatic rings. The van der Waals surface area contributed by atoms with Gasteiger partial charge in [-0.05, 0) is 25.2 Å². The van der Waals surface area contributed by atoms with Crippen LogP contribution in [0.3, 0.4) is 0 Å². The Hall–Kier alpha value is -1.32. The van der Waals surface area contributed by atoms with E-state index in [4.69, 9.17) is 0 Å². The minimum absolute atomic E-state index is 0.0355. The van der Waals surface area contributed by atoms with E-state index in [0.29, 0.717) is 6.42 Å². The van der Waals surface area contributed by atoms with Gasteiger partial charge < -0.3 is 5.32 Å². The summed E-state index contributed by atoms with van der Waals surface area (Å²) in [6.07, 6.45) is 10.6. The molecule has 1 aliphatic rings. The molecule has 1 saturated carbocycles. The van der Waals surface area contributed by atoms with E-state index in [1.165, 1.54) is 32.1 Å². The van der Waals surface area contributed by atoms with E-state index in [1.54, 1.807) is 4.68 Å². The number of hydrogen-bond donors (Lipinski definition) is 1. The van der Waals surface area contributed by atoms with Crippen LogP contribution in [-0.2, 0) is 11.8 Å². The second kappa shape index (κ2) is 5.76. The molecule has 0 unspecified atom stereocenters. The van der Waals surface area contributed by atoms with Crippen molar-refractivity contribution in [3.05, 3.63) is 18.0 Å². The van der Waals surface area contributed by atoms with Gasteiger partial charge in [-0.25, -0.2) is 0 Å². The van der Waals surface area contributed by atoms with Crippen LogP contribution in [0.4, 0.5) is 0 Å². The summed E-state index contributed by atoms with van der Waals surface area (Å²) in [4.78, 5) is 12.2. The molecule has 4 nitrogen and oxygen atoms in total. The summed E-state index contributed by atoms with van der Waals surface area (Å²) in [5, 5.41) is 7.23. The van der Waals surface area contributed by atoms with Gasteiger partial charge >= 0.3 is 0 Å². The van der Waals surface area contributed by atoms with Crippen molar-refractivity contribution >= 4 is 5.91 Å². The Labute approximate surface area is 115 Å². The van der Waals surface area contributed by atoms with Gasteiger partial charge in [-0.15, -0.1) is 0 Å². The summed E-state index contributed by atoms with van der Waals surface area (Å²) < 4.78 is 1.76. The zero-order valence-electron chi connectivity index (χ0n) is 12.3. The first kappa shape index (κ1) is 14.1. The van der Waals surface area contributed by atoms with Crippen LogP contribution in [0.15, 0.2) is 12.4 Å². The summed E-state index contributed by atoms with van der Waals surface area (Å²) in [6.45, 7) is 4.26. The number of nitrogens with one attached hydrogen (secondary N) is 1. The molecule has 1 heterocycles. The van der Waals surface area contributed by atoms with Crippen molar-refractivity contribution in [2.24, 2.45) is 12.5 Å². The standard InChI is InChI=1S/C15H25N3O/c1-12(13-10-16-18(3)11-13)17-14(19)9-15(2)7-5-4-6-8-15/h10-12H,4-9H2,1-3H3,(H,17,19)/t12-/m0/s1. The summed E-state index contributed by atoms with van der Waals surface area (Å²) in [5.74, 6) is 0.167. The van der Waals surface area contributed by atoms with Crippen molar-refractivity contribution < 1.29 is 4.79 Å². The highest BCUT2D eigenvalue weighted by Crippen LogP contribution is 2.38. The lowest BCUT2D eigenvalue weighted by Gasteiger charge is -2.33. The van der Waals surface area contributed by atoms with Gasteiger partial charge in [0.2, 0.25) is 5.91 Å². The van der Waals surface area contributed by atoms with E-state index < -0.39 is 0 Å². The van der Waals surface area contributed by atoms with Crippen molar-refractivity contribution in [1.82, 2.24) is 15.1 Å². The molecule has 1 fully saturated rings. The first-order valence-corrected chi connectivity index (χ1v) is 7.26. The number of nitrogens with zero attached hydrogens (tertiary/aromatic N) is 2. The minimum atomic E-state index is 0.0355. The van der Waals surface area contributed by atoms with E-state index in [1.807, 2.05) is 26.4 Å². The molecule has 2 rings (SSSR count). The number of hydrogen-bond acceptors (Lipinski definition) is 2. The Morgan fingerprint density at radius 2 is 2.16 bits per heavy atom. The Bertz CT molecular complexity index is 432. The average molecular weight is 263 g/mol. The highest BCUT2D eigenvalue weighted by molar-refractivity contribution is 5.77. The van der Waals surface area contributed by atoms with Crippen molar-refractivity contribution in [1.29, 1.82) is 0 Å². The zero-order valence-corrected chi connectivity index (χ0v) is 12.3. The molecule has 0 radical (unpaired) electrons. The highest BCUT2D eigenvalue weighted by atomic mass is 16.1. The minimum Gasteiger partial charge on any atom is -0.349 e. The van der Waals surface area contributed by atoms with Crippen LogP contribution in [0.1, 0.15) is 64.0 Å². The molecule has 1 aliphatic carbocycles. The fraction of sp³-hybridized carbons (Fsp3) is 0.733. The third-order valence-corrected chi connectivity index (χ3v) is 4.25. The SMILES string of the molecule is C[C@H](NC(=O)CC1(C)CCCCC1)c1cnn(C)c1. The molecular weight excluding hydrogens is 238 g/mol. The molecular formula is C15H25N3O. The number of aryl methyl sites for hydroxylation is 1. The second-order valence-corrected chi connectivity index (χ2v) is 6.28. The largest absolute Gasteiger partial charge is 0.349 e. The van der Waals surface area contributed by atoms with Crippen LogP contribution < -0.4 is 5.32 Å². The van der Waals surface area contributed by atoms with Crippen LogP contribution in [0.25, 0.3) is 0 Å². The van der Waals surface area contributed by atoms with Crippen LogP contribution >= 0.6 is 0 Å². The third-order valence-electron chi connectivity index (χ3n) is 4.25. The molecule has 1 amide bonds. The molecule has 4 heteroatoms. The lowest BCUT2D eigenvalue weighted by atomic mass is 9.73. The van der Waals surface area contributed by atoms with Gasteiger partial charge in [0.1, 0.15) is 0 Å². The molecule has 19 heavy (non-hydrogen) atoms. The monoisotopic (exact) mass is 263 g/mol. The molecule has 0 spiro atoms. The van der Waals surface area contributed by atoms with Gasteiger partial charge in [-0.3, -0.25) is 9.48 Å². The van der Waals surface area contributed by atoms with Gasteiger partial charge in [0.15, 0.2) is 0 Å². The molecule has 0 saturated heterocycles. The van der Waals surface area contributed by atoms with Gasteiger partial charge in [-0.2, -0.15) is 5.10 Å². The van der Waals surface area contributed by atoms with Gasteiger partial charge in [0, 0.05) is 25.2 Å². The van der Waals surface area contributed by atoms with Crippen molar-refractivity contribution in [3.8, 4) is 0 Å². The van der Waals surface area contributed by atoms with Gasteiger partial charge in [-0.1, -0.05) is 26.2 Å². The Morgan fingerprint density at radius 3 is 2.74 bits per heavy atom. The maximum Gasteiger partial charge on any atom is 0.221 e. The van der Waals surface area contributed by atoms with Crippen LogP contribution in [0.2, 0.25) is 0 Å². The summed E-state index contributed by atoms with van der Waals surface area (Å²) in [7, 11) is 1.89. The summed E-state index contributed by atoms with van der Waals surface area (Å²) in [6, 6.07) is 0.0355. The number of amides is 1. The Balaban J connectivity index is 1.87. The van der Waals surface area contributed by atoms with Gasteiger partial charge in [0.05, 0.1) is 12.2 Å². The molecule has 1 atom stereocenters. The van der Waals surface area contributed by atoms with Crippen molar-refractivity contribution in [2.75, 3.05) is 0 Å². The summed E-state index contributed by atoms with van der Waals surface area (Å²) in [5.41, 5.74) is 1.27. The number of aromatic nitrogens is 2. The fourth-order valence-electron chi connectivity index (χ4n) is 3.01. The van der Waals surface area contributed by atoms with E-state index in [2.05, 4.69) is 17.3 Å². The maximum absolute atomic E-state index is 12.2. The van der Waals surface area contributed by atoms with E-state index in [-0.39, 0.29) is 17.4 Å². The normalized spacial score (nSPS) is 19.9. The highest BCUT2D eigenvalue weighted by Gasteiger charge is 2.29. The lowest BCUT2D eigenvalue weighted by Crippen LogP contribution is -2.33. The lowest BCUT2D eigenvalue weighted by molar-refractivity contribution is -0.124. The Morgan fingerprint density at radius 1 is 1.47 bits per heavy atom. The predicted octanol–water partition coefficient (Wildman–Crippen LogP) is 2.96. The Kier molecular flexibility index (Phi) is 4.27.